The minimum atomic E-state index is -0.0480. The molecule has 5 nitrogen and oxygen atoms in total. The van der Waals surface area contributed by atoms with E-state index in [4.69, 9.17) is 0 Å². The largest absolute Gasteiger partial charge is 0.341 e. The van der Waals surface area contributed by atoms with E-state index in [9.17, 15) is 9.59 Å². The van der Waals surface area contributed by atoms with E-state index >= 15 is 0 Å². The van der Waals surface area contributed by atoms with E-state index in [-0.39, 0.29) is 24.0 Å². The van der Waals surface area contributed by atoms with Gasteiger partial charge in [-0.2, -0.15) is 0 Å². The number of nitrogens with one attached hydrogen (secondary N) is 1. The van der Waals surface area contributed by atoms with E-state index in [1.54, 1.807) is 16.8 Å². The molecule has 1 saturated heterocycles. The fourth-order valence-electron chi connectivity index (χ4n) is 2.17. The minimum Gasteiger partial charge on any atom is -0.341 e. The molecule has 1 aliphatic carbocycles. The first-order valence-electron chi connectivity index (χ1n) is 5.10. The molecule has 0 bridgehead atoms. The molecule has 5 heteroatoms. The SMILES string of the molecule is C=CC(=O)N1CCN(C(=O)NC)[C@H]2C[C@H]21. The fraction of sp³-hybridized carbons (Fsp3) is 0.600. The zero-order valence-corrected chi connectivity index (χ0v) is 8.77. The Morgan fingerprint density at radius 2 is 1.93 bits per heavy atom. The molecule has 0 unspecified atom stereocenters. The van der Waals surface area contributed by atoms with E-state index in [2.05, 4.69) is 11.9 Å². The lowest BCUT2D eigenvalue weighted by Gasteiger charge is -2.33. The van der Waals surface area contributed by atoms with Gasteiger partial charge in [-0.15, -0.1) is 0 Å². The Labute approximate surface area is 88.7 Å². The third-order valence-corrected chi connectivity index (χ3v) is 3.04. The number of carbonyl (C=O) groups excluding carboxylic acids is 2. The molecule has 1 aliphatic heterocycles. The molecule has 0 aromatic carbocycles. The average Bonchev–Trinajstić information content (AvgIpc) is 3.05. The van der Waals surface area contributed by atoms with Crippen LogP contribution in [0.5, 0.6) is 0 Å². The van der Waals surface area contributed by atoms with Gasteiger partial charge in [0.2, 0.25) is 5.91 Å². The first-order valence-corrected chi connectivity index (χ1v) is 5.10. The molecule has 0 radical (unpaired) electrons. The van der Waals surface area contributed by atoms with Crippen molar-refractivity contribution >= 4 is 11.9 Å². The highest BCUT2D eigenvalue weighted by Gasteiger charge is 2.51. The molecular weight excluding hydrogens is 194 g/mol. The van der Waals surface area contributed by atoms with Crippen molar-refractivity contribution in [2.45, 2.75) is 18.5 Å². The van der Waals surface area contributed by atoms with Gasteiger partial charge in [-0.3, -0.25) is 4.79 Å². The topological polar surface area (TPSA) is 52.7 Å². The van der Waals surface area contributed by atoms with Crippen LogP contribution in [0.2, 0.25) is 0 Å². The quantitative estimate of drug-likeness (QED) is 0.608. The molecule has 2 rings (SSSR count). The molecule has 1 heterocycles. The molecular formula is C10H15N3O2. The number of hydrogen-bond donors (Lipinski definition) is 1. The van der Waals surface area contributed by atoms with Gasteiger partial charge in [0.15, 0.2) is 0 Å². The van der Waals surface area contributed by atoms with Crippen LogP contribution in [0.15, 0.2) is 12.7 Å². The maximum Gasteiger partial charge on any atom is 0.317 e. The standard InChI is InChI=1S/C10H15N3O2/c1-3-9(14)12-4-5-13(10(15)11-2)8-6-7(8)12/h3,7-8H,1,4-6H2,2H3,(H,11,15)/t7-,8+/m1/s1. The van der Waals surface area contributed by atoms with E-state index in [0.29, 0.717) is 13.1 Å². The highest BCUT2D eigenvalue weighted by Crippen LogP contribution is 2.36. The van der Waals surface area contributed by atoms with Gasteiger partial charge in [-0.25, -0.2) is 4.79 Å². The van der Waals surface area contributed by atoms with Crippen molar-refractivity contribution in [3.05, 3.63) is 12.7 Å². The predicted octanol–water partition coefficient (Wildman–Crippen LogP) is -0.203. The summed E-state index contributed by atoms with van der Waals surface area (Å²) >= 11 is 0. The van der Waals surface area contributed by atoms with Crippen molar-refractivity contribution in [1.82, 2.24) is 15.1 Å². The molecule has 0 spiro atoms. The summed E-state index contributed by atoms with van der Waals surface area (Å²) in [5, 5.41) is 2.61. The second-order valence-corrected chi connectivity index (χ2v) is 3.85. The number of carbonyl (C=O) groups is 2. The van der Waals surface area contributed by atoms with Crippen LogP contribution in [0.1, 0.15) is 6.42 Å². The monoisotopic (exact) mass is 209 g/mol. The Morgan fingerprint density at radius 1 is 1.33 bits per heavy atom. The maximum atomic E-state index is 11.4. The molecule has 1 N–H and O–H groups in total. The van der Waals surface area contributed by atoms with Crippen LogP contribution < -0.4 is 5.32 Å². The number of piperazine rings is 1. The minimum absolute atomic E-state index is 0.0287. The zero-order chi connectivity index (χ0) is 11.0. The van der Waals surface area contributed by atoms with Crippen LogP contribution in [-0.2, 0) is 4.79 Å². The third-order valence-electron chi connectivity index (χ3n) is 3.04. The van der Waals surface area contributed by atoms with Crippen molar-refractivity contribution in [3.63, 3.8) is 0 Å². The lowest BCUT2D eigenvalue weighted by molar-refractivity contribution is -0.127. The van der Waals surface area contributed by atoms with Gasteiger partial charge < -0.3 is 15.1 Å². The molecule has 15 heavy (non-hydrogen) atoms. The predicted molar refractivity (Wildman–Crippen MR) is 55.3 cm³/mol. The summed E-state index contributed by atoms with van der Waals surface area (Å²) in [5.41, 5.74) is 0. The van der Waals surface area contributed by atoms with Crippen molar-refractivity contribution in [3.8, 4) is 0 Å². The van der Waals surface area contributed by atoms with E-state index in [0.717, 1.165) is 6.42 Å². The molecule has 82 valence electrons. The van der Waals surface area contributed by atoms with Crippen LogP contribution in [-0.4, -0.2) is 54.0 Å². The van der Waals surface area contributed by atoms with E-state index < -0.39 is 0 Å². The molecule has 2 atom stereocenters. The summed E-state index contributed by atoms with van der Waals surface area (Å²) in [6.07, 6.45) is 2.23. The molecule has 1 saturated carbocycles. The summed E-state index contributed by atoms with van der Waals surface area (Å²) in [6, 6.07) is 0.373. The van der Waals surface area contributed by atoms with E-state index in [1.165, 1.54) is 6.08 Å². The van der Waals surface area contributed by atoms with Gasteiger partial charge in [-0.05, 0) is 12.5 Å². The first-order chi connectivity index (χ1) is 7.19. The van der Waals surface area contributed by atoms with Crippen LogP contribution in [0.4, 0.5) is 4.79 Å². The van der Waals surface area contributed by atoms with E-state index in [1.807, 2.05) is 0 Å². The normalized spacial score (nSPS) is 28.1. The zero-order valence-electron chi connectivity index (χ0n) is 8.77. The van der Waals surface area contributed by atoms with Gasteiger partial charge in [0.1, 0.15) is 0 Å². The van der Waals surface area contributed by atoms with Crippen molar-refractivity contribution in [2.24, 2.45) is 0 Å². The smallest absolute Gasteiger partial charge is 0.317 e. The number of urea groups is 1. The number of nitrogens with zero attached hydrogens (tertiary/aromatic N) is 2. The Bertz CT molecular complexity index is 316. The highest BCUT2D eigenvalue weighted by molar-refractivity contribution is 5.88. The molecule has 0 aromatic heterocycles. The Kier molecular flexibility index (Phi) is 2.38. The summed E-state index contributed by atoms with van der Waals surface area (Å²) in [6.45, 7) is 4.70. The Morgan fingerprint density at radius 3 is 2.53 bits per heavy atom. The van der Waals surface area contributed by atoms with Crippen LogP contribution in [0.3, 0.4) is 0 Å². The molecule has 3 amide bonds. The van der Waals surface area contributed by atoms with Crippen LogP contribution >= 0.6 is 0 Å². The number of amides is 3. The lowest BCUT2D eigenvalue weighted by Crippen LogP contribution is -2.52. The number of rotatable bonds is 1. The Balaban J connectivity index is 2.00. The summed E-state index contributed by atoms with van der Waals surface area (Å²) in [5.74, 6) is -0.0287. The van der Waals surface area contributed by atoms with Crippen LogP contribution in [0, 0.1) is 0 Å². The third kappa shape index (κ3) is 1.58. The maximum absolute atomic E-state index is 11.4. The van der Waals surface area contributed by atoms with Crippen LogP contribution in [0.25, 0.3) is 0 Å². The van der Waals surface area contributed by atoms with Gasteiger partial charge in [-0.1, -0.05) is 6.58 Å². The van der Waals surface area contributed by atoms with Gasteiger partial charge in [0, 0.05) is 20.1 Å². The van der Waals surface area contributed by atoms with Crippen molar-refractivity contribution in [1.29, 1.82) is 0 Å². The highest BCUT2D eigenvalue weighted by atomic mass is 16.2. The second-order valence-electron chi connectivity index (χ2n) is 3.85. The molecule has 2 aliphatic rings. The molecule has 0 aromatic rings. The number of hydrogen-bond acceptors (Lipinski definition) is 2. The first kappa shape index (κ1) is 10.0. The second kappa shape index (κ2) is 3.56. The van der Waals surface area contributed by atoms with Gasteiger partial charge in [0.05, 0.1) is 12.1 Å². The fourth-order valence-corrected chi connectivity index (χ4v) is 2.17. The van der Waals surface area contributed by atoms with Crippen molar-refractivity contribution < 1.29 is 9.59 Å². The summed E-state index contributed by atoms with van der Waals surface area (Å²) in [4.78, 5) is 26.5. The lowest BCUT2D eigenvalue weighted by atomic mass is 10.3. The van der Waals surface area contributed by atoms with Gasteiger partial charge in [0.25, 0.3) is 0 Å². The Hall–Kier alpha value is -1.52. The summed E-state index contributed by atoms with van der Waals surface area (Å²) < 4.78 is 0. The van der Waals surface area contributed by atoms with Gasteiger partial charge >= 0.3 is 6.03 Å². The summed E-state index contributed by atoms with van der Waals surface area (Å²) in [7, 11) is 1.63. The number of fused-ring (bicyclic) bond motifs is 1. The molecule has 2 fully saturated rings. The average molecular weight is 209 g/mol. The van der Waals surface area contributed by atoms with Crippen molar-refractivity contribution in [2.75, 3.05) is 20.1 Å².